The van der Waals surface area contributed by atoms with Crippen LogP contribution in [0.25, 0.3) is 21.7 Å². The van der Waals surface area contributed by atoms with Crippen LogP contribution in [0.5, 0.6) is 11.5 Å². The number of methoxy groups -OCH3 is 2. The predicted octanol–water partition coefficient (Wildman–Crippen LogP) is 6.44. The number of para-hydroxylation sites is 2. The molecular formula is C28H27N3O2S. The van der Waals surface area contributed by atoms with Crippen molar-refractivity contribution in [3.8, 4) is 22.2 Å². The third-order valence-electron chi connectivity index (χ3n) is 5.88. The summed E-state index contributed by atoms with van der Waals surface area (Å²) in [6.45, 7) is 1.61. The van der Waals surface area contributed by atoms with Crippen molar-refractivity contribution in [3.05, 3.63) is 102 Å². The molecule has 0 spiro atoms. The normalized spacial score (nSPS) is 11.0. The SMILES string of the molecule is COc1ccc(CCn2cccc3sn(Cc4ccc(OC)cc4)c4ccccc4nc2-3)cc1. The standard InChI is InChI=1S/C28H27N3O2S/c1-32-23-13-9-21(10-14-23)17-19-30-18-5-8-27-28(30)29-25-6-3-4-7-26(25)31(34-27)20-22-11-15-24(33-2)16-12-22/h3-16,18H,17,19-20H2,1-2H3. The molecule has 0 saturated heterocycles. The third-order valence-corrected chi connectivity index (χ3v) is 6.94. The maximum Gasteiger partial charge on any atom is 0.152 e. The van der Waals surface area contributed by atoms with Crippen molar-refractivity contribution >= 4 is 22.6 Å². The van der Waals surface area contributed by atoms with Gasteiger partial charge >= 0.3 is 0 Å². The number of pyridine rings is 1. The number of benzene rings is 3. The Morgan fingerprint density at radius 3 is 2.15 bits per heavy atom. The van der Waals surface area contributed by atoms with Crippen molar-refractivity contribution in [2.45, 2.75) is 19.5 Å². The van der Waals surface area contributed by atoms with Gasteiger partial charge in [-0.3, -0.25) is 3.96 Å². The number of aromatic nitrogens is 3. The van der Waals surface area contributed by atoms with Crippen LogP contribution >= 0.6 is 11.5 Å². The van der Waals surface area contributed by atoms with Gasteiger partial charge < -0.3 is 14.0 Å². The third kappa shape index (κ3) is 4.77. The molecule has 172 valence electrons. The van der Waals surface area contributed by atoms with Crippen LogP contribution in [0.3, 0.4) is 0 Å². The summed E-state index contributed by atoms with van der Waals surface area (Å²) in [5.74, 6) is 2.74. The van der Waals surface area contributed by atoms with Crippen molar-refractivity contribution in [1.29, 1.82) is 0 Å². The zero-order valence-electron chi connectivity index (χ0n) is 19.3. The first-order valence-electron chi connectivity index (χ1n) is 11.3. The first-order chi connectivity index (χ1) is 16.7. The number of nitrogens with zero attached hydrogens (tertiary/aromatic N) is 3. The first-order valence-corrected chi connectivity index (χ1v) is 12.1. The van der Waals surface area contributed by atoms with Gasteiger partial charge in [-0.15, -0.1) is 0 Å². The summed E-state index contributed by atoms with van der Waals surface area (Å²) >= 11 is 1.74. The lowest BCUT2D eigenvalue weighted by Crippen LogP contribution is -2.06. The fraction of sp³-hybridized carbons (Fsp3) is 0.179. The number of ether oxygens (including phenoxy) is 2. The second-order valence-electron chi connectivity index (χ2n) is 8.06. The number of fused-ring (bicyclic) bond motifs is 2. The molecule has 0 atom stereocenters. The Hall–Kier alpha value is -3.77. The van der Waals surface area contributed by atoms with Gasteiger partial charge in [-0.05, 0) is 66.1 Å². The minimum atomic E-state index is 0.765. The molecule has 2 heterocycles. The largest absolute Gasteiger partial charge is 0.497 e. The predicted molar refractivity (Wildman–Crippen MR) is 139 cm³/mol. The summed E-state index contributed by atoms with van der Waals surface area (Å²) in [5.41, 5.74) is 4.58. The highest BCUT2D eigenvalue weighted by Crippen LogP contribution is 2.28. The van der Waals surface area contributed by atoms with Gasteiger partial charge in [0.25, 0.3) is 0 Å². The molecule has 0 unspecified atom stereocenters. The molecule has 0 bridgehead atoms. The van der Waals surface area contributed by atoms with Crippen LogP contribution in [-0.4, -0.2) is 27.7 Å². The summed E-state index contributed by atoms with van der Waals surface area (Å²) in [7, 11) is 3.39. The van der Waals surface area contributed by atoms with Crippen molar-refractivity contribution in [3.63, 3.8) is 0 Å². The van der Waals surface area contributed by atoms with Gasteiger partial charge in [0.1, 0.15) is 11.5 Å². The molecule has 2 aliphatic rings. The highest BCUT2D eigenvalue weighted by Gasteiger charge is 2.12. The molecule has 0 aliphatic carbocycles. The van der Waals surface area contributed by atoms with E-state index in [0.717, 1.165) is 52.7 Å². The average Bonchev–Trinajstić information content (AvgIpc) is 3.05. The zero-order chi connectivity index (χ0) is 23.3. The maximum atomic E-state index is 5.32. The molecule has 5 rings (SSSR count). The molecular weight excluding hydrogens is 442 g/mol. The van der Waals surface area contributed by atoms with Gasteiger partial charge in [0, 0.05) is 12.7 Å². The minimum absolute atomic E-state index is 0.765. The van der Waals surface area contributed by atoms with Gasteiger partial charge in [-0.25, -0.2) is 4.98 Å². The molecule has 34 heavy (non-hydrogen) atoms. The monoisotopic (exact) mass is 469 g/mol. The Kier molecular flexibility index (Phi) is 6.49. The molecule has 0 fully saturated rings. The number of aryl methyl sites for hydroxylation is 2. The van der Waals surface area contributed by atoms with E-state index in [1.807, 2.05) is 30.3 Å². The summed E-state index contributed by atoms with van der Waals surface area (Å²) in [5, 5.41) is 0. The van der Waals surface area contributed by atoms with Gasteiger partial charge in [0.05, 0.1) is 36.7 Å². The first kappa shape index (κ1) is 22.0. The average molecular weight is 470 g/mol. The Morgan fingerprint density at radius 1 is 0.765 bits per heavy atom. The quantitative estimate of drug-likeness (QED) is 0.276. The van der Waals surface area contributed by atoms with E-state index >= 15 is 0 Å². The van der Waals surface area contributed by atoms with Crippen LogP contribution in [0, 0.1) is 0 Å². The smallest absolute Gasteiger partial charge is 0.152 e. The van der Waals surface area contributed by atoms with Gasteiger partial charge in [-0.2, -0.15) is 0 Å². The Balaban J connectivity index is 1.51. The summed E-state index contributed by atoms with van der Waals surface area (Å²) < 4.78 is 15.2. The molecule has 5 nitrogen and oxygen atoms in total. The van der Waals surface area contributed by atoms with Crippen LogP contribution < -0.4 is 9.47 Å². The number of hydrogen-bond donors (Lipinski definition) is 0. The van der Waals surface area contributed by atoms with Crippen LogP contribution in [-0.2, 0) is 19.5 Å². The fourth-order valence-electron chi connectivity index (χ4n) is 4.00. The van der Waals surface area contributed by atoms with E-state index in [0.29, 0.717) is 0 Å². The molecule has 0 N–H and O–H groups in total. The van der Waals surface area contributed by atoms with E-state index in [4.69, 9.17) is 14.5 Å². The molecule has 3 aromatic rings. The second kappa shape index (κ2) is 10.0. The fourth-order valence-corrected chi connectivity index (χ4v) is 5.09. The lowest BCUT2D eigenvalue weighted by atomic mass is 10.1. The lowest BCUT2D eigenvalue weighted by Gasteiger charge is -2.13. The van der Waals surface area contributed by atoms with Crippen LogP contribution in [0.15, 0.2) is 91.1 Å². The molecule has 2 aliphatic heterocycles. The summed E-state index contributed by atoms with van der Waals surface area (Å²) in [4.78, 5) is 6.26. The topological polar surface area (TPSA) is 41.2 Å². The maximum absolute atomic E-state index is 5.32. The molecule has 0 saturated carbocycles. The number of rotatable bonds is 7. The summed E-state index contributed by atoms with van der Waals surface area (Å²) in [6.07, 6.45) is 3.04. The Morgan fingerprint density at radius 2 is 1.44 bits per heavy atom. The van der Waals surface area contributed by atoms with E-state index in [2.05, 4.69) is 69.3 Å². The van der Waals surface area contributed by atoms with E-state index < -0.39 is 0 Å². The summed E-state index contributed by atoms with van der Waals surface area (Å²) in [6, 6.07) is 29.1. The second-order valence-corrected chi connectivity index (χ2v) is 9.13. The van der Waals surface area contributed by atoms with E-state index in [1.54, 1.807) is 25.8 Å². The molecule has 3 aromatic carbocycles. The van der Waals surface area contributed by atoms with Crippen molar-refractivity contribution < 1.29 is 9.47 Å². The van der Waals surface area contributed by atoms with Gasteiger partial charge in [0.15, 0.2) is 5.82 Å². The van der Waals surface area contributed by atoms with Crippen molar-refractivity contribution in [2.75, 3.05) is 14.2 Å². The molecule has 0 aromatic heterocycles. The van der Waals surface area contributed by atoms with Crippen LogP contribution in [0.4, 0.5) is 0 Å². The minimum Gasteiger partial charge on any atom is -0.497 e. The lowest BCUT2D eigenvalue weighted by molar-refractivity contribution is 0.414. The molecule has 6 heteroatoms. The van der Waals surface area contributed by atoms with Gasteiger partial charge in [-0.1, -0.05) is 47.9 Å². The van der Waals surface area contributed by atoms with Crippen molar-refractivity contribution in [1.82, 2.24) is 13.5 Å². The van der Waals surface area contributed by atoms with Crippen LogP contribution in [0.1, 0.15) is 11.1 Å². The zero-order valence-corrected chi connectivity index (χ0v) is 20.2. The molecule has 0 amide bonds. The van der Waals surface area contributed by atoms with E-state index in [9.17, 15) is 0 Å². The van der Waals surface area contributed by atoms with Crippen molar-refractivity contribution in [2.24, 2.45) is 0 Å². The highest BCUT2D eigenvalue weighted by molar-refractivity contribution is 7.10. The van der Waals surface area contributed by atoms with E-state index in [1.165, 1.54) is 11.1 Å². The molecule has 0 radical (unpaired) electrons. The Labute approximate surface area is 203 Å². The highest BCUT2D eigenvalue weighted by atomic mass is 32.1. The van der Waals surface area contributed by atoms with Gasteiger partial charge in [0.2, 0.25) is 0 Å². The Bertz CT molecular complexity index is 1400. The van der Waals surface area contributed by atoms with Crippen LogP contribution in [0.2, 0.25) is 0 Å². The van der Waals surface area contributed by atoms with E-state index in [-0.39, 0.29) is 0 Å². The number of hydrogen-bond acceptors (Lipinski definition) is 4.